The first-order valence-electron chi connectivity index (χ1n) is 32.7. The molecule has 13 heteroatoms. The van der Waals surface area contributed by atoms with Crippen LogP contribution in [0, 0.1) is 0 Å². The van der Waals surface area contributed by atoms with Crippen LogP contribution in [0.5, 0.6) is 0 Å². The Morgan fingerprint density at radius 3 is 1.17 bits per heavy atom. The zero-order valence-electron chi connectivity index (χ0n) is 49.8. The smallest absolute Gasteiger partial charge is 0.394 e. The van der Waals surface area contributed by atoms with E-state index in [4.69, 9.17) is 9.47 Å². The van der Waals surface area contributed by atoms with Crippen molar-refractivity contribution in [3.63, 3.8) is 0 Å². The van der Waals surface area contributed by atoms with E-state index in [9.17, 15) is 38.2 Å². The molecule has 0 radical (unpaired) electrons. The topological polar surface area (TPSA) is 192 Å². The molecule has 7 atom stereocenters. The van der Waals surface area contributed by atoms with E-state index in [0.29, 0.717) is 6.42 Å². The Morgan fingerprint density at radius 1 is 0.506 bits per heavy atom. The minimum atomic E-state index is -5.09. The molecule has 12 nitrogen and oxygen atoms in total. The lowest BCUT2D eigenvalue weighted by molar-refractivity contribution is -0.298. The maximum absolute atomic E-state index is 13.2. The molecule has 456 valence electrons. The minimum absolute atomic E-state index is 0.257. The number of carbonyl (C=O) groups excluding carboxylic acids is 1. The van der Waals surface area contributed by atoms with Crippen LogP contribution in [0.25, 0.3) is 0 Å². The van der Waals surface area contributed by atoms with Gasteiger partial charge in [0.25, 0.3) is 0 Å². The molecule has 1 aliphatic rings. The molecule has 1 saturated heterocycles. The van der Waals surface area contributed by atoms with Crippen molar-refractivity contribution in [2.75, 3.05) is 13.2 Å². The number of hydrogen-bond donors (Lipinski definition) is 6. The predicted molar refractivity (Wildman–Crippen MR) is 319 cm³/mol. The van der Waals surface area contributed by atoms with Gasteiger partial charge in [0, 0.05) is 6.42 Å². The molecular formula is C64H123NO11S. The molecule has 0 aromatic heterocycles. The molecule has 0 bridgehead atoms. The molecule has 6 N–H and O–H groups in total. The van der Waals surface area contributed by atoms with Gasteiger partial charge >= 0.3 is 10.4 Å². The van der Waals surface area contributed by atoms with Crippen molar-refractivity contribution in [2.45, 2.75) is 365 Å². The fourth-order valence-electron chi connectivity index (χ4n) is 10.7. The van der Waals surface area contributed by atoms with Gasteiger partial charge in [0.1, 0.15) is 24.4 Å². The Morgan fingerprint density at radius 2 is 0.831 bits per heavy atom. The maximum atomic E-state index is 13.2. The molecular weight excluding hydrogens is 991 g/mol. The van der Waals surface area contributed by atoms with Gasteiger partial charge in [-0.1, -0.05) is 295 Å². The third-order valence-corrected chi connectivity index (χ3v) is 16.2. The summed E-state index contributed by atoms with van der Waals surface area (Å²) >= 11 is 0. The number of unbranched alkanes of at least 4 members (excludes halogenated alkanes) is 44. The molecule has 0 aromatic carbocycles. The van der Waals surface area contributed by atoms with Gasteiger partial charge in [-0.25, -0.2) is 4.18 Å². The van der Waals surface area contributed by atoms with Gasteiger partial charge in [-0.05, 0) is 44.9 Å². The number of amides is 1. The summed E-state index contributed by atoms with van der Waals surface area (Å²) in [6.07, 6.45) is 59.5. The van der Waals surface area contributed by atoms with E-state index in [1.165, 1.54) is 257 Å². The molecule has 1 heterocycles. The number of carbonyl (C=O) groups is 1. The number of rotatable bonds is 58. The van der Waals surface area contributed by atoms with E-state index in [2.05, 4.69) is 35.5 Å². The number of hydrogen-bond acceptors (Lipinski definition) is 10. The highest BCUT2D eigenvalue weighted by Crippen LogP contribution is 2.26. The predicted octanol–water partition coefficient (Wildman–Crippen LogP) is 16.4. The lowest BCUT2D eigenvalue weighted by atomic mass is 9.99. The first-order valence-corrected chi connectivity index (χ1v) is 34.1. The van der Waals surface area contributed by atoms with Crippen LogP contribution in [0.15, 0.2) is 24.3 Å². The quantitative estimate of drug-likeness (QED) is 0.0193. The van der Waals surface area contributed by atoms with Gasteiger partial charge in [0.15, 0.2) is 6.29 Å². The van der Waals surface area contributed by atoms with Gasteiger partial charge in [-0.2, -0.15) is 8.42 Å². The Kier molecular flexibility index (Phi) is 51.5. The summed E-state index contributed by atoms with van der Waals surface area (Å²) < 4.78 is 48.0. The van der Waals surface area contributed by atoms with Crippen LogP contribution in [-0.2, 0) is 28.9 Å². The molecule has 1 aliphatic heterocycles. The lowest BCUT2D eigenvalue weighted by Gasteiger charge is -2.41. The second-order valence-corrected chi connectivity index (χ2v) is 24.1. The van der Waals surface area contributed by atoms with Crippen LogP contribution in [0.2, 0.25) is 0 Å². The summed E-state index contributed by atoms with van der Waals surface area (Å²) in [6, 6.07) is -0.944. The Balaban J connectivity index is 2.29. The number of aliphatic hydroxyl groups excluding tert-OH is 4. The van der Waals surface area contributed by atoms with Gasteiger partial charge in [-0.15, -0.1) is 0 Å². The van der Waals surface area contributed by atoms with E-state index in [1.54, 1.807) is 6.08 Å². The normalized spacial score (nSPS) is 19.0. The fourth-order valence-corrected chi connectivity index (χ4v) is 11.2. The molecule has 0 saturated carbocycles. The molecule has 0 spiro atoms. The minimum Gasteiger partial charge on any atom is -0.394 e. The summed E-state index contributed by atoms with van der Waals surface area (Å²) in [4.78, 5) is 13.2. The molecule has 1 amide bonds. The number of ether oxygens (including phenoxy) is 2. The monoisotopic (exact) mass is 1110 g/mol. The molecule has 1 rings (SSSR count). The summed E-state index contributed by atoms with van der Waals surface area (Å²) in [6.45, 7) is 3.45. The average Bonchev–Trinajstić information content (AvgIpc) is 3.41. The second-order valence-electron chi connectivity index (χ2n) is 23.1. The standard InChI is InChI=1S/C64H123NO11S/c1-3-5-7-9-11-13-15-17-19-21-23-25-27-28-29-30-31-32-34-36-38-40-42-44-46-48-50-52-54-60(68)65-57(56-74-64-62(70)63(76-77(71,72)73)61(69)59(55-66)75-64)58(67)53-51-49-47-45-43-41-39-37-35-33-26-24-22-20-18-16-14-12-10-8-6-4-2/h28-29,51,53,57-59,61-64,66-67,69-70H,3-27,30-50,52,54-56H2,1-2H3,(H,65,68)(H,71,72,73)/b29-28-,53-51+. The zero-order chi connectivity index (χ0) is 56.1. The van der Waals surface area contributed by atoms with Crippen molar-refractivity contribution in [2.24, 2.45) is 0 Å². The Labute approximate surface area is 473 Å². The summed E-state index contributed by atoms with van der Waals surface area (Å²) in [7, 11) is -5.09. The number of nitrogens with one attached hydrogen (secondary N) is 1. The molecule has 1 fully saturated rings. The number of aliphatic hydroxyl groups is 4. The average molecular weight is 1110 g/mol. The highest BCUT2D eigenvalue weighted by Gasteiger charge is 2.48. The maximum Gasteiger partial charge on any atom is 0.397 e. The first kappa shape index (κ1) is 73.6. The molecule has 77 heavy (non-hydrogen) atoms. The molecule has 7 unspecified atom stereocenters. The van der Waals surface area contributed by atoms with Crippen LogP contribution >= 0.6 is 0 Å². The zero-order valence-corrected chi connectivity index (χ0v) is 50.6. The highest BCUT2D eigenvalue weighted by atomic mass is 32.3. The third kappa shape index (κ3) is 45.8. The lowest BCUT2D eigenvalue weighted by Crippen LogP contribution is -2.61. The van der Waals surface area contributed by atoms with Crippen LogP contribution in [-0.4, -0.2) is 95.4 Å². The summed E-state index contributed by atoms with van der Waals surface area (Å²) in [5.74, 6) is -0.257. The van der Waals surface area contributed by atoms with Crippen LogP contribution in [0.1, 0.15) is 322 Å². The van der Waals surface area contributed by atoms with E-state index >= 15 is 0 Å². The van der Waals surface area contributed by atoms with Crippen molar-refractivity contribution in [3.05, 3.63) is 24.3 Å². The van der Waals surface area contributed by atoms with E-state index < -0.39 is 59.9 Å². The van der Waals surface area contributed by atoms with Crippen molar-refractivity contribution < 1.29 is 51.8 Å². The SMILES string of the molecule is CCCCCCCCCCCCCC/C=C\CCCCCCCCCCCCCCC(=O)NC(COC1OC(CO)C(O)C(OS(=O)(=O)O)C1O)C(O)/C=C/CCCCCCCCCCCCCCCCCCCCCC. The van der Waals surface area contributed by atoms with Gasteiger partial charge in [0.2, 0.25) is 5.91 Å². The largest absolute Gasteiger partial charge is 0.397 e. The summed E-state index contributed by atoms with van der Waals surface area (Å²) in [5.41, 5.74) is 0. The van der Waals surface area contributed by atoms with Crippen LogP contribution in [0.4, 0.5) is 0 Å². The van der Waals surface area contributed by atoms with Crippen LogP contribution < -0.4 is 5.32 Å². The van der Waals surface area contributed by atoms with E-state index in [0.717, 1.165) is 38.5 Å². The van der Waals surface area contributed by atoms with Gasteiger partial charge in [0.05, 0.1) is 25.4 Å². The molecule has 0 aliphatic carbocycles. The second kappa shape index (κ2) is 53.9. The first-order chi connectivity index (χ1) is 37.5. The van der Waals surface area contributed by atoms with Crippen molar-refractivity contribution in [1.29, 1.82) is 0 Å². The van der Waals surface area contributed by atoms with Gasteiger partial charge < -0.3 is 35.2 Å². The molecule has 0 aromatic rings. The Bertz CT molecular complexity index is 1450. The highest BCUT2D eigenvalue weighted by molar-refractivity contribution is 7.80. The Hall–Kier alpha value is -1.42. The van der Waals surface area contributed by atoms with Crippen molar-refractivity contribution in [3.8, 4) is 0 Å². The summed E-state index contributed by atoms with van der Waals surface area (Å²) in [5, 5.41) is 45.1. The van der Waals surface area contributed by atoms with Crippen LogP contribution in [0.3, 0.4) is 0 Å². The van der Waals surface area contributed by atoms with E-state index in [1.807, 2.05) is 6.08 Å². The van der Waals surface area contributed by atoms with Gasteiger partial charge in [-0.3, -0.25) is 9.35 Å². The third-order valence-electron chi connectivity index (χ3n) is 15.7. The van der Waals surface area contributed by atoms with E-state index in [-0.39, 0.29) is 18.9 Å². The van der Waals surface area contributed by atoms with Crippen molar-refractivity contribution in [1.82, 2.24) is 5.32 Å². The van der Waals surface area contributed by atoms with Crippen molar-refractivity contribution >= 4 is 16.3 Å². The fraction of sp³-hybridized carbons (Fsp3) is 0.922. The number of allylic oxidation sites excluding steroid dienone is 3.